The SMILES string of the molecule is O=C1Nc2ccccc2SC1CC(=O)N1CCN(C(=O)c2cccs2)CC1. The van der Waals surface area contributed by atoms with Crippen molar-refractivity contribution in [2.24, 2.45) is 0 Å². The van der Waals surface area contributed by atoms with Crippen LogP contribution in [0, 0.1) is 0 Å². The van der Waals surface area contributed by atoms with E-state index in [2.05, 4.69) is 5.32 Å². The fourth-order valence-corrected chi connectivity index (χ4v) is 5.02. The van der Waals surface area contributed by atoms with E-state index in [0.29, 0.717) is 26.2 Å². The minimum atomic E-state index is -0.418. The molecule has 0 aliphatic carbocycles. The Morgan fingerprint density at radius 2 is 1.78 bits per heavy atom. The number of para-hydroxylation sites is 1. The number of carbonyl (C=O) groups is 3. The number of piperazine rings is 1. The summed E-state index contributed by atoms with van der Waals surface area (Å²) in [6, 6.07) is 11.3. The third-order valence-electron chi connectivity index (χ3n) is 4.72. The van der Waals surface area contributed by atoms with E-state index >= 15 is 0 Å². The van der Waals surface area contributed by atoms with Crippen molar-refractivity contribution in [3.63, 3.8) is 0 Å². The van der Waals surface area contributed by atoms with Gasteiger partial charge in [-0.15, -0.1) is 23.1 Å². The first kappa shape index (κ1) is 18.1. The Morgan fingerprint density at radius 1 is 1.04 bits per heavy atom. The first-order valence-electron chi connectivity index (χ1n) is 8.79. The summed E-state index contributed by atoms with van der Waals surface area (Å²) < 4.78 is 0. The summed E-state index contributed by atoms with van der Waals surface area (Å²) in [6.45, 7) is 2.06. The standard InChI is InChI=1S/C19H19N3O3S2/c23-17(12-16-18(24)20-13-4-1-2-5-14(13)27-16)21-7-9-22(10-8-21)19(25)15-6-3-11-26-15/h1-6,11,16H,7-10,12H2,(H,20,24). The van der Waals surface area contributed by atoms with E-state index in [1.54, 1.807) is 9.80 Å². The normalized spacial score (nSPS) is 19.4. The molecule has 2 aromatic rings. The average molecular weight is 402 g/mol. The van der Waals surface area contributed by atoms with E-state index in [-0.39, 0.29) is 24.1 Å². The first-order valence-corrected chi connectivity index (χ1v) is 10.5. The van der Waals surface area contributed by atoms with E-state index < -0.39 is 5.25 Å². The van der Waals surface area contributed by atoms with Gasteiger partial charge in [0.1, 0.15) is 0 Å². The van der Waals surface area contributed by atoms with Gasteiger partial charge >= 0.3 is 0 Å². The molecule has 6 nitrogen and oxygen atoms in total. The smallest absolute Gasteiger partial charge is 0.264 e. The van der Waals surface area contributed by atoms with Crippen molar-refractivity contribution in [2.45, 2.75) is 16.6 Å². The maximum atomic E-state index is 12.7. The molecule has 1 unspecified atom stereocenters. The van der Waals surface area contributed by atoms with Crippen LogP contribution in [-0.2, 0) is 9.59 Å². The fraction of sp³-hybridized carbons (Fsp3) is 0.316. The molecule has 4 rings (SSSR count). The average Bonchev–Trinajstić information content (AvgIpc) is 3.23. The van der Waals surface area contributed by atoms with Crippen molar-refractivity contribution < 1.29 is 14.4 Å². The first-order chi connectivity index (χ1) is 13.1. The molecular weight excluding hydrogens is 382 g/mol. The molecule has 0 saturated carbocycles. The molecular formula is C19H19N3O3S2. The molecule has 2 aliphatic heterocycles. The Morgan fingerprint density at radius 3 is 2.52 bits per heavy atom. The van der Waals surface area contributed by atoms with Crippen LogP contribution in [0.2, 0.25) is 0 Å². The number of amides is 3. The van der Waals surface area contributed by atoms with Crippen molar-refractivity contribution in [3.05, 3.63) is 46.7 Å². The Kier molecular flexibility index (Phi) is 5.18. The molecule has 140 valence electrons. The molecule has 1 N–H and O–H groups in total. The van der Waals surface area contributed by atoms with Gasteiger partial charge in [-0.3, -0.25) is 14.4 Å². The molecule has 0 bridgehead atoms. The summed E-state index contributed by atoms with van der Waals surface area (Å²) in [5.74, 6) is -0.139. The Bertz CT molecular complexity index is 861. The van der Waals surface area contributed by atoms with Gasteiger partial charge < -0.3 is 15.1 Å². The lowest BCUT2D eigenvalue weighted by atomic mass is 10.2. The summed E-state index contributed by atoms with van der Waals surface area (Å²) in [4.78, 5) is 42.6. The van der Waals surface area contributed by atoms with E-state index in [4.69, 9.17) is 0 Å². The van der Waals surface area contributed by atoms with E-state index in [0.717, 1.165) is 15.5 Å². The second kappa shape index (κ2) is 7.74. The maximum absolute atomic E-state index is 12.7. The van der Waals surface area contributed by atoms with Gasteiger partial charge in [0.15, 0.2) is 0 Å². The number of rotatable bonds is 3. The highest BCUT2D eigenvalue weighted by Gasteiger charge is 2.32. The number of hydrogen-bond acceptors (Lipinski definition) is 5. The predicted octanol–water partition coefficient (Wildman–Crippen LogP) is 2.54. The molecule has 1 aromatic carbocycles. The third kappa shape index (κ3) is 3.86. The zero-order valence-corrected chi connectivity index (χ0v) is 16.2. The van der Waals surface area contributed by atoms with Crippen LogP contribution >= 0.6 is 23.1 Å². The Hall–Kier alpha value is -2.32. The molecule has 0 radical (unpaired) electrons. The number of nitrogens with zero attached hydrogens (tertiary/aromatic N) is 2. The van der Waals surface area contributed by atoms with Gasteiger partial charge in [-0.05, 0) is 23.6 Å². The largest absolute Gasteiger partial charge is 0.339 e. The Labute approximate surface area is 165 Å². The number of benzene rings is 1. The van der Waals surface area contributed by atoms with E-state index in [1.165, 1.54) is 23.1 Å². The second-order valence-electron chi connectivity index (χ2n) is 6.45. The number of carbonyl (C=O) groups excluding carboxylic acids is 3. The molecule has 3 amide bonds. The molecule has 27 heavy (non-hydrogen) atoms. The quantitative estimate of drug-likeness (QED) is 0.858. The number of thiophene rings is 1. The summed E-state index contributed by atoms with van der Waals surface area (Å²) >= 11 is 2.87. The van der Waals surface area contributed by atoms with Crippen LogP contribution in [0.3, 0.4) is 0 Å². The van der Waals surface area contributed by atoms with Crippen molar-refractivity contribution in [1.82, 2.24) is 9.80 Å². The zero-order valence-electron chi connectivity index (χ0n) is 14.6. The highest BCUT2D eigenvalue weighted by Crippen LogP contribution is 2.36. The Balaban J connectivity index is 1.32. The molecule has 1 aromatic heterocycles. The highest BCUT2D eigenvalue weighted by atomic mass is 32.2. The van der Waals surface area contributed by atoms with Crippen LogP contribution in [0.4, 0.5) is 5.69 Å². The van der Waals surface area contributed by atoms with Gasteiger partial charge in [0.25, 0.3) is 5.91 Å². The molecule has 0 spiro atoms. The molecule has 1 atom stereocenters. The second-order valence-corrected chi connectivity index (χ2v) is 8.64. The van der Waals surface area contributed by atoms with Gasteiger partial charge in [0, 0.05) is 37.5 Å². The van der Waals surface area contributed by atoms with Gasteiger partial charge in [-0.2, -0.15) is 0 Å². The summed E-state index contributed by atoms with van der Waals surface area (Å²) in [7, 11) is 0. The molecule has 1 fully saturated rings. The van der Waals surface area contributed by atoms with Crippen LogP contribution < -0.4 is 5.32 Å². The van der Waals surface area contributed by atoms with Crippen molar-refractivity contribution >= 4 is 46.5 Å². The number of thioether (sulfide) groups is 1. The van der Waals surface area contributed by atoms with Crippen molar-refractivity contribution in [3.8, 4) is 0 Å². The summed E-state index contributed by atoms with van der Waals surface area (Å²) in [5, 5.41) is 4.34. The van der Waals surface area contributed by atoms with Crippen LogP contribution in [0.25, 0.3) is 0 Å². The van der Waals surface area contributed by atoms with Gasteiger partial charge in [-0.25, -0.2) is 0 Å². The monoisotopic (exact) mass is 401 g/mol. The summed E-state index contributed by atoms with van der Waals surface area (Å²) in [6.07, 6.45) is 0.170. The van der Waals surface area contributed by atoms with E-state index in [9.17, 15) is 14.4 Å². The minimum Gasteiger partial charge on any atom is -0.339 e. The lowest BCUT2D eigenvalue weighted by Gasteiger charge is -2.35. The van der Waals surface area contributed by atoms with Crippen LogP contribution in [-0.4, -0.2) is 59.0 Å². The van der Waals surface area contributed by atoms with Gasteiger partial charge in [0.2, 0.25) is 11.8 Å². The minimum absolute atomic E-state index is 0.0240. The van der Waals surface area contributed by atoms with Crippen molar-refractivity contribution in [2.75, 3.05) is 31.5 Å². The number of fused-ring (bicyclic) bond motifs is 1. The van der Waals surface area contributed by atoms with E-state index in [1.807, 2.05) is 41.8 Å². The third-order valence-corrected chi connectivity index (χ3v) is 6.85. The van der Waals surface area contributed by atoms with Crippen LogP contribution in [0.15, 0.2) is 46.7 Å². The van der Waals surface area contributed by atoms with Crippen LogP contribution in [0.1, 0.15) is 16.1 Å². The zero-order chi connectivity index (χ0) is 18.8. The topological polar surface area (TPSA) is 69.7 Å². The van der Waals surface area contributed by atoms with Crippen LogP contribution in [0.5, 0.6) is 0 Å². The highest BCUT2D eigenvalue weighted by molar-refractivity contribution is 8.01. The number of nitrogens with one attached hydrogen (secondary N) is 1. The lowest BCUT2D eigenvalue weighted by Crippen LogP contribution is -2.51. The molecule has 8 heteroatoms. The summed E-state index contributed by atoms with van der Waals surface area (Å²) in [5.41, 5.74) is 0.803. The maximum Gasteiger partial charge on any atom is 0.264 e. The number of hydrogen-bond donors (Lipinski definition) is 1. The van der Waals surface area contributed by atoms with Crippen molar-refractivity contribution in [1.29, 1.82) is 0 Å². The van der Waals surface area contributed by atoms with Gasteiger partial charge in [0.05, 0.1) is 15.8 Å². The fourth-order valence-electron chi connectivity index (χ4n) is 3.23. The molecule has 2 aliphatic rings. The predicted molar refractivity (Wildman–Crippen MR) is 106 cm³/mol. The number of anilines is 1. The lowest BCUT2D eigenvalue weighted by molar-refractivity contribution is -0.134. The molecule has 1 saturated heterocycles. The van der Waals surface area contributed by atoms with Gasteiger partial charge in [-0.1, -0.05) is 18.2 Å². The molecule has 3 heterocycles.